The SMILES string of the molecule is CCCCCCCCCCCOC(=O)CCCNCCO. The van der Waals surface area contributed by atoms with Gasteiger partial charge in [0.2, 0.25) is 0 Å². The minimum atomic E-state index is -0.0969. The Hall–Kier alpha value is -0.610. The molecule has 0 atom stereocenters. The van der Waals surface area contributed by atoms with Crippen LogP contribution in [0.15, 0.2) is 0 Å². The quantitative estimate of drug-likeness (QED) is 0.339. The van der Waals surface area contributed by atoms with Crippen molar-refractivity contribution in [1.82, 2.24) is 5.32 Å². The molecule has 0 fully saturated rings. The van der Waals surface area contributed by atoms with E-state index in [1.54, 1.807) is 0 Å². The predicted molar refractivity (Wildman–Crippen MR) is 87.4 cm³/mol. The molecule has 0 aliphatic carbocycles. The van der Waals surface area contributed by atoms with Crippen molar-refractivity contribution in [3.63, 3.8) is 0 Å². The fraction of sp³-hybridized carbons (Fsp3) is 0.941. The maximum absolute atomic E-state index is 11.4. The largest absolute Gasteiger partial charge is 0.466 e. The van der Waals surface area contributed by atoms with Gasteiger partial charge in [-0.1, -0.05) is 58.3 Å². The standard InChI is InChI=1S/C17H35NO3/c1-2-3-4-5-6-7-8-9-10-16-21-17(20)12-11-13-18-14-15-19/h18-19H,2-16H2,1H3. The van der Waals surface area contributed by atoms with Crippen LogP contribution in [-0.2, 0) is 9.53 Å². The van der Waals surface area contributed by atoms with Gasteiger partial charge in [-0.2, -0.15) is 0 Å². The van der Waals surface area contributed by atoms with Crippen LogP contribution in [0.1, 0.15) is 77.6 Å². The minimum Gasteiger partial charge on any atom is -0.466 e. The van der Waals surface area contributed by atoms with Crippen molar-refractivity contribution >= 4 is 5.97 Å². The van der Waals surface area contributed by atoms with Gasteiger partial charge < -0.3 is 15.2 Å². The molecule has 0 amide bonds. The predicted octanol–water partition coefficient (Wildman–Crippen LogP) is 3.42. The number of esters is 1. The molecular weight excluding hydrogens is 266 g/mol. The van der Waals surface area contributed by atoms with Crippen LogP contribution in [0.3, 0.4) is 0 Å². The van der Waals surface area contributed by atoms with Gasteiger partial charge in [0.1, 0.15) is 0 Å². The molecule has 0 spiro atoms. The van der Waals surface area contributed by atoms with E-state index in [9.17, 15) is 4.79 Å². The minimum absolute atomic E-state index is 0.0969. The lowest BCUT2D eigenvalue weighted by Crippen LogP contribution is -2.20. The molecule has 0 rings (SSSR count). The number of carbonyl (C=O) groups is 1. The molecule has 0 aromatic carbocycles. The maximum atomic E-state index is 11.4. The highest BCUT2D eigenvalue weighted by molar-refractivity contribution is 5.69. The Morgan fingerprint density at radius 2 is 1.52 bits per heavy atom. The Labute approximate surface area is 130 Å². The summed E-state index contributed by atoms with van der Waals surface area (Å²) in [5, 5.41) is 11.6. The molecule has 0 heterocycles. The lowest BCUT2D eigenvalue weighted by Gasteiger charge is -2.05. The van der Waals surface area contributed by atoms with E-state index in [4.69, 9.17) is 9.84 Å². The summed E-state index contributed by atoms with van der Waals surface area (Å²) < 4.78 is 5.19. The fourth-order valence-electron chi connectivity index (χ4n) is 2.23. The first-order chi connectivity index (χ1) is 10.3. The van der Waals surface area contributed by atoms with Gasteiger partial charge in [-0.05, 0) is 19.4 Å². The van der Waals surface area contributed by atoms with E-state index in [1.807, 2.05) is 0 Å². The van der Waals surface area contributed by atoms with Gasteiger partial charge in [0, 0.05) is 13.0 Å². The highest BCUT2D eigenvalue weighted by atomic mass is 16.5. The monoisotopic (exact) mass is 301 g/mol. The van der Waals surface area contributed by atoms with Gasteiger partial charge in [-0.15, -0.1) is 0 Å². The van der Waals surface area contributed by atoms with Gasteiger partial charge in [-0.25, -0.2) is 0 Å². The van der Waals surface area contributed by atoms with E-state index >= 15 is 0 Å². The number of aliphatic hydroxyl groups excluding tert-OH is 1. The summed E-state index contributed by atoms with van der Waals surface area (Å²) in [6, 6.07) is 0. The molecule has 0 saturated heterocycles. The molecule has 0 aliphatic heterocycles. The van der Waals surface area contributed by atoms with Crippen LogP contribution in [0.25, 0.3) is 0 Å². The molecule has 0 aromatic heterocycles. The highest BCUT2D eigenvalue weighted by Crippen LogP contribution is 2.09. The summed E-state index contributed by atoms with van der Waals surface area (Å²) in [5.41, 5.74) is 0. The number of aliphatic hydroxyl groups is 1. The summed E-state index contributed by atoms with van der Waals surface area (Å²) in [7, 11) is 0. The van der Waals surface area contributed by atoms with E-state index in [0.717, 1.165) is 19.4 Å². The van der Waals surface area contributed by atoms with Gasteiger partial charge >= 0.3 is 5.97 Å². The number of nitrogens with one attached hydrogen (secondary N) is 1. The Morgan fingerprint density at radius 1 is 0.905 bits per heavy atom. The second kappa shape index (κ2) is 17.4. The van der Waals surface area contributed by atoms with Gasteiger partial charge in [0.25, 0.3) is 0 Å². The number of carbonyl (C=O) groups excluding carboxylic acids is 1. The Morgan fingerprint density at radius 3 is 2.14 bits per heavy atom. The Kier molecular flexibility index (Phi) is 16.9. The molecule has 0 aromatic rings. The van der Waals surface area contributed by atoms with Crippen molar-refractivity contribution < 1.29 is 14.6 Å². The second-order valence-electron chi connectivity index (χ2n) is 5.63. The van der Waals surface area contributed by atoms with E-state index in [0.29, 0.717) is 19.6 Å². The van der Waals surface area contributed by atoms with Crippen molar-refractivity contribution in [1.29, 1.82) is 0 Å². The van der Waals surface area contributed by atoms with E-state index in [1.165, 1.54) is 51.4 Å². The molecule has 4 heteroatoms. The van der Waals surface area contributed by atoms with Gasteiger partial charge in [0.05, 0.1) is 13.2 Å². The fourth-order valence-corrected chi connectivity index (χ4v) is 2.23. The Bertz CT molecular complexity index is 222. The molecular formula is C17H35NO3. The zero-order valence-corrected chi connectivity index (χ0v) is 13.9. The number of unbranched alkanes of at least 4 members (excludes halogenated alkanes) is 8. The molecule has 21 heavy (non-hydrogen) atoms. The van der Waals surface area contributed by atoms with Gasteiger partial charge in [0.15, 0.2) is 0 Å². The molecule has 0 unspecified atom stereocenters. The zero-order chi connectivity index (χ0) is 15.6. The van der Waals surface area contributed by atoms with Crippen molar-refractivity contribution in [2.45, 2.75) is 77.6 Å². The van der Waals surface area contributed by atoms with Crippen molar-refractivity contribution in [3.05, 3.63) is 0 Å². The van der Waals surface area contributed by atoms with Crippen LogP contribution < -0.4 is 5.32 Å². The van der Waals surface area contributed by atoms with E-state index in [2.05, 4.69) is 12.2 Å². The van der Waals surface area contributed by atoms with Crippen molar-refractivity contribution in [2.24, 2.45) is 0 Å². The van der Waals surface area contributed by atoms with Crippen LogP contribution in [0.2, 0.25) is 0 Å². The Balaban J connectivity index is 3.11. The molecule has 4 nitrogen and oxygen atoms in total. The average Bonchev–Trinajstić information content (AvgIpc) is 2.49. The zero-order valence-electron chi connectivity index (χ0n) is 13.9. The topological polar surface area (TPSA) is 58.6 Å². The molecule has 0 aliphatic rings. The third-order valence-corrected chi connectivity index (χ3v) is 3.53. The number of hydrogen-bond acceptors (Lipinski definition) is 4. The molecule has 2 N–H and O–H groups in total. The first-order valence-electron chi connectivity index (χ1n) is 8.78. The smallest absolute Gasteiger partial charge is 0.305 e. The number of rotatable bonds is 16. The lowest BCUT2D eigenvalue weighted by molar-refractivity contribution is -0.143. The second-order valence-corrected chi connectivity index (χ2v) is 5.63. The lowest BCUT2D eigenvalue weighted by atomic mass is 10.1. The number of hydrogen-bond donors (Lipinski definition) is 2. The highest BCUT2D eigenvalue weighted by Gasteiger charge is 2.01. The summed E-state index contributed by atoms with van der Waals surface area (Å²) in [4.78, 5) is 11.4. The maximum Gasteiger partial charge on any atom is 0.305 e. The molecule has 0 radical (unpaired) electrons. The number of ether oxygens (including phenoxy) is 1. The normalized spacial score (nSPS) is 10.8. The van der Waals surface area contributed by atoms with Crippen LogP contribution >= 0.6 is 0 Å². The van der Waals surface area contributed by atoms with E-state index in [-0.39, 0.29) is 12.6 Å². The van der Waals surface area contributed by atoms with Crippen LogP contribution in [0, 0.1) is 0 Å². The first kappa shape index (κ1) is 20.4. The van der Waals surface area contributed by atoms with Crippen molar-refractivity contribution in [2.75, 3.05) is 26.3 Å². The third kappa shape index (κ3) is 17.3. The average molecular weight is 301 g/mol. The summed E-state index contributed by atoms with van der Waals surface area (Å²) in [5.74, 6) is -0.0969. The van der Waals surface area contributed by atoms with Crippen LogP contribution in [-0.4, -0.2) is 37.4 Å². The van der Waals surface area contributed by atoms with Crippen LogP contribution in [0.4, 0.5) is 0 Å². The summed E-state index contributed by atoms with van der Waals surface area (Å²) in [6.07, 6.45) is 12.7. The molecule has 126 valence electrons. The first-order valence-corrected chi connectivity index (χ1v) is 8.78. The third-order valence-electron chi connectivity index (χ3n) is 3.53. The molecule has 0 bridgehead atoms. The molecule has 0 saturated carbocycles. The van der Waals surface area contributed by atoms with Gasteiger partial charge in [-0.3, -0.25) is 4.79 Å². The summed E-state index contributed by atoms with van der Waals surface area (Å²) in [6.45, 7) is 4.30. The van der Waals surface area contributed by atoms with E-state index < -0.39 is 0 Å². The summed E-state index contributed by atoms with van der Waals surface area (Å²) >= 11 is 0. The van der Waals surface area contributed by atoms with Crippen molar-refractivity contribution in [3.8, 4) is 0 Å². The van der Waals surface area contributed by atoms with Crippen LogP contribution in [0.5, 0.6) is 0 Å².